The van der Waals surface area contributed by atoms with Gasteiger partial charge in [0.05, 0.1) is 0 Å². The first-order chi connectivity index (χ1) is 26.4. The predicted octanol–water partition coefficient (Wildman–Crippen LogP) is 9.29. The second kappa shape index (κ2) is 15.4. The number of para-hydroxylation sites is 2. The van der Waals surface area contributed by atoms with E-state index in [1.54, 1.807) is 0 Å². The third-order valence-electron chi connectivity index (χ3n) is 10.4. The van der Waals surface area contributed by atoms with Gasteiger partial charge in [0.25, 0.3) is 0 Å². The Bertz CT molecular complexity index is 2420. The number of hydrogen-bond acceptors (Lipinski definition) is 6. The van der Waals surface area contributed by atoms with Gasteiger partial charge in [0.2, 0.25) is 33.4 Å². The number of nitrogens with zero attached hydrogens (tertiary/aromatic N) is 4. The largest absolute Gasteiger partial charge is 0.399 e. The minimum Gasteiger partial charge on any atom is -0.399 e. The average Bonchev–Trinajstić information content (AvgIpc) is 3.18. The van der Waals surface area contributed by atoms with E-state index < -0.39 is 0 Å². The number of nitrogens with one attached hydrogen (secondary N) is 2. The van der Waals surface area contributed by atoms with Gasteiger partial charge in [-0.15, -0.1) is 9.13 Å². The van der Waals surface area contributed by atoms with Gasteiger partial charge in [-0.1, -0.05) is 62.1 Å². The van der Waals surface area contributed by atoms with Gasteiger partial charge < -0.3 is 22.1 Å². The lowest BCUT2D eigenvalue weighted by Gasteiger charge is -2.12. The summed E-state index contributed by atoms with van der Waals surface area (Å²) in [5.74, 6) is 0. The lowest BCUT2D eigenvalue weighted by atomic mass is 10.1. The Kier molecular flexibility index (Phi) is 9.90. The molecule has 0 unspecified atom stereocenters. The van der Waals surface area contributed by atoms with Crippen LogP contribution in [0.25, 0.3) is 55.5 Å². The first-order valence-corrected chi connectivity index (χ1v) is 19.1. The van der Waals surface area contributed by atoms with Crippen molar-refractivity contribution in [2.45, 2.75) is 52.4 Å². The molecule has 0 saturated carbocycles. The molecule has 6 aromatic carbocycles. The summed E-state index contributed by atoms with van der Waals surface area (Å²) < 4.78 is 4.54. The zero-order valence-electron chi connectivity index (χ0n) is 31.1. The molecule has 0 amide bonds. The highest BCUT2D eigenvalue weighted by atomic mass is 15.0. The van der Waals surface area contributed by atoms with Gasteiger partial charge >= 0.3 is 0 Å². The maximum absolute atomic E-state index is 6.23. The van der Waals surface area contributed by atoms with E-state index in [9.17, 15) is 0 Å². The van der Waals surface area contributed by atoms with Gasteiger partial charge in [-0.05, 0) is 74.2 Å². The fraction of sp³-hybridized carbons (Fsp3) is 0.217. The van der Waals surface area contributed by atoms with Crippen LogP contribution in [0, 0.1) is 13.8 Å². The monoisotopic (exact) mass is 712 g/mol. The predicted molar refractivity (Wildman–Crippen MR) is 225 cm³/mol. The van der Waals surface area contributed by atoms with Crippen LogP contribution in [0.2, 0.25) is 0 Å². The summed E-state index contributed by atoms with van der Waals surface area (Å²) in [6.45, 7) is 6.20. The Labute approximate surface area is 316 Å². The number of nitrogen functional groups attached to an aromatic ring is 2. The van der Waals surface area contributed by atoms with Crippen molar-refractivity contribution >= 4 is 66.9 Å². The molecular formula is C46H48N8+2. The first-order valence-electron chi connectivity index (χ1n) is 19.1. The van der Waals surface area contributed by atoms with Crippen molar-refractivity contribution < 1.29 is 9.13 Å². The summed E-state index contributed by atoms with van der Waals surface area (Å²) in [6.07, 6.45) is 7.14. The molecule has 8 rings (SSSR count). The number of aryl methyl sites for hydroxylation is 2. The van der Waals surface area contributed by atoms with Gasteiger partial charge in [0.15, 0.2) is 0 Å². The molecule has 0 bridgehead atoms. The van der Waals surface area contributed by atoms with Crippen LogP contribution >= 0.6 is 0 Å². The lowest BCUT2D eigenvalue weighted by molar-refractivity contribution is -0.538. The minimum absolute atomic E-state index is 0.727. The van der Waals surface area contributed by atoms with Crippen molar-refractivity contribution in [3.05, 3.63) is 132 Å². The molecule has 2 heterocycles. The van der Waals surface area contributed by atoms with E-state index in [1.165, 1.54) is 36.8 Å². The van der Waals surface area contributed by atoms with E-state index in [1.807, 2.05) is 48.5 Å². The summed E-state index contributed by atoms with van der Waals surface area (Å²) >= 11 is 0. The maximum atomic E-state index is 6.23. The highest BCUT2D eigenvalue weighted by Crippen LogP contribution is 2.27. The SMILES string of the molecule is Cc1cc2nc3ccc(N)cc3[n+](-c3ccccc3)c2cc1NCCCCCCCCNc1cc2c(cc1C)nc1ccc(N)cc1[n+]2-c1ccccc1. The highest BCUT2D eigenvalue weighted by molar-refractivity contribution is 5.88. The number of benzene rings is 6. The van der Waals surface area contributed by atoms with Crippen molar-refractivity contribution in [3.8, 4) is 11.4 Å². The van der Waals surface area contributed by atoms with Gasteiger partial charge in [-0.2, -0.15) is 0 Å². The van der Waals surface area contributed by atoms with Gasteiger partial charge in [0.1, 0.15) is 22.1 Å². The molecular weight excluding hydrogens is 665 g/mol. The van der Waals surface area contributed by atoms with Crippen LogP contribution in [0.5, 0.6) is 0 Å². The summed E-state index contributed by atoms with van der Waals surface area (Å²) in [4.78, 5) is 10.0. The highest BCUT2D eigenvalue weighted by Gasteiger charge is 2.22. The number of nitrogens with two attached hydrogens (primary N) is 2. The Morgan fingerprint density at radius 3 is 1.26 bits per heavy atom. The molecule has 270 valence electrons. The fourth-order valence-corrected chi connectivity index (χ4v) is 7.54. The van der Waals surface area contributed by atoms with E-state index in [0.29, 0.717) is 0 Å². The van der Waals surface area contributed by atoms with Crippen LogP contribution < -0.4 is 31.2 Å². The fourth-order valence-electron chi connectivity index (χ4n) is 7.54. The van der Waals surface area contributed by atoms with E-state index in [2.05, 4.69) is 106 Å². The number of unbranched alkanes of at least 4 members (excludes halogenated alkanes) is 5. The molecule has 8 aromatic rings. The normalized spacial score (nSPS) is 11.5. The van der Waals surface area contributed by atoms with E-state index in [-0.39, 0.29) is 0 Å². The summed E-state index contributed by atoms with van der Waals surface area (Å²) in [7, 11) is 0. The molecule has 0 saturated heterocycles. The van der Waals surface area contributed by atoms with Crippen molar-refractivity contribution in [3.63, 3.8) is 0 Å². The molecule has 0 aliphatic heterocycles. The molecule has 8 heteroatoms. The van der Waals surface area contributed by atoms with Gasteiger partial charge in [0, 0.05) is 84.4 Å². The third kappa shape index (κ3) is 7.20. The minimum atomic E-state index is 0.727. The van der Waals surface area contributed by atoms with E-state index in [0.717, 1.165) is 104 Å². The van der Waals surface area contributed by atoms with Crippen molar-refractivity contribution in [1.29, 1.82) is 0 Å². The molecule has 0 aliphatic carbocycles. The zero-order chi connectivity index (χ0) is 37.0. The summed E-state index contributed by atoms with van der Waals surface area (Å²) in [5, 5.41) is 7.46. The van der Waals surface area contributed by atoms with E-state index >= 15 is 0 Å². The van der Waals surface area contributed by atoms with Crippen molar-refractivity contribution in [2.75, 3.05) is 35.2 Å². The summed E-state index contributed by atoms with van der Waals surface area (Å²) in [6, 6.07) is 41.6. The van der Waals surface area contributed by atoms with Crippen LogP contribution in [0.15, 0.2) is 121 Å². The molecule has 2 aromatic heterocycles. The smallest absolute Gasteiger partial charge is 0.239 e. The Morgan fingerprint density at radius 2 is 0.833 bits per heavy atom. The van der Waals surface area contributed by atoms with Crippen LogP contribution in [-0.2, 0) is 0 Å². The Balaban J connectivity index is 0.859. The van der Waals surface area contributed by atoms with Gasteiger partial charge in [-0.3, -0.25) is 0 Å². The molecule has 0 radical (unpaired) electrons. The number of anilines is 4. The summed E-state index contributed by atoms with van der Waals surface area (Å²) in [5.41, 5.74) is 28.7. The standard InChI is InChI=1S/C46H46N8/c1-31-25-41-45(53(35-15-9-7-10-16-35)43-27-33(47)19-21-37(43)51-41)29-39(31)49-23-13-5-3-4-6-14-24-50-40-30-46-42(26-32(40)2)52-38-22-20-34(48)28-44(38)54(46)36-17-11-8-12-18-36/h7-12,15-22,25-30H,3-6,13-14,23-24H2,1-2H3,(H4,47,48,49,50)/p+2. The second-order valence-electron chi connectivity index (χ2n) is 14.3. The Hall–Kier alpha value is -6.28. The van der Waals surface area contributed by atoms with Crippen molar-refractivity contribution in [2.24, 2.45) is 0 Å². The molecule has 54 heavy (non-hydrogen) atoms. The number of rotatable bonds is 13. The van der Waals surface area contributed by atoms with Gasteiger partial charge in [-0.25, -0.2) is 9.97 Å². The van der Waals surface area contributed by atoms with Crippen LogP contribution in [0.4, 0.5) is 22.7 Å². The zero-order valence-corrected chi connectivity index (χ0v) is 31.1. The van der Waals surface area contributed by atoms with Crippen LogP contribution in [0.3, 0.4) is 0 Å². The average molecular weight is 713 g/mol. The molecule has 0 atom stereocenters. The Morgan fingerprint density at radius 1 is 0.444 bits per heavy atom. The van der Waals surface area contributed by atoms with E-state index in [4.69, 9.17) is 21.4 Å². The first kappa shape index (κ1) is 34.8. The third-order valence-corrected chi connectivity index (χ3v) is 10.4. The van der Waals surface area contributed by atoms with Crippen molar-refractivity contribution in [1.82, 2.24) is 9.97 Å². The molecule has 0 aliphatic rings. The maximum Gasteiger partial charge on any atom is 0.239 e. The number of hydrogen-bond donors (Lipinski definition) is 4. The topological polar surface area (TPSA) is 110 Å². The van der Waals surface area contributed by atoms with Crippen LogP contribution in [0.1, 0.15) is 49.7 Å². The molecule has 0 fully saturated rings. The quantitative estimate of drug-likeness (QED) is 0.0411. The second-order valence-corrected chi connectivity index (χ2v) is 14.3. The lowest BCUT2D eigenvalue weighted by Crippen LogP contribution is -2.33. The number of aromatic nitrogens is 4. The number of fused-ring (bicyclic) bond motifs is 4. The molecule has 8 nitrogen and oxygen atoms in total. The molecule has 6 N–H and O–H groups in total. The molecule has 0 spiro atoms. The van der Waals surface area contributed by atoms with Crippen LogP contribution in [-0.4, -0.2) is 23.1 Å².